The summed E-state index contributed by atoms with van der Waals surface area (Å²) >= 11 is 0. The van der Waals surface area contributed by atoms with E-state index in [2.05, 4.69) is 10.3 Å². The lowest BCUT2D eigenvalue weighted by atomic mass is 9.95. The van der Waals surface area contributed by atoms with E-state index >= 15 is 0 Å². The van der Waals surface area contributed by atoms with Crippen LogP contribution >= 0.6 is 0 Å². The number of ether oxygens (including phenoxy) is 5. The molecule has 1 aromatic heterocycles. The number of nitrogens with zero attached hydrogens (tertiary/aromatic N) is 2. The predicted octanol–water partition coefficient (Wildman–Crippen LogP) is 1.03. The van der Waals surface area contributed by atoms with Crippen LogP contribution in [-0.2, 0) is 9.53 Å². The standard InChI is InChI=1S/C20H24N4O7/c1-6-31-19(26)15-16(10-7-11(27-2)17(29-4)12(8-10)28-3)24-13(22-18(15)21)9-14(25)23-20(24)30-5/h7-9,16,22H,6,21H2,1-5H3. The Morgan fingerprint density at radius 2 is 1.74 bits per heavy atom. The van der Waals surface area contributed by atoms with E-state index in [0.717, 1.165) is 0 Å². The third-order valence-electron chi connectivity index (χ3n) is 4.70. The van der Waals surface area contributed by atoms with E-state index < -0.39 is 17.6 Å². The first-order valence-electron chi connectivity index (χ1n) is 9.31. The van der Waals surface area contributed by atoms with Crippen molar-refractivity contribution in [2.24, 2.45) is 5.73 Å². The van der Waals surface area contributed by atoms with Crippen molar-refractivity contribution < 1.29 is 28.5 Å². The maximum Gasteiger partial charge on any atom is 0.340 e. The zero-order valence-electron chi connectivity index (χ0n) is 17.8. The van der Waals surface area contributed by atoms with Gasteiger partial charge in [0.05, 0.1) is 35.0 Å². The van der Waals surface area contributed by atoms with E-state index in [0.29, 0.717) is 28.6 Å². The Kier molecular flexibility index (Phi) is 6.23. The summed E-state index contributed by atoms with van der Waals surface area (Å²) in [4.78, 5) is 28.8. The van der Waals surface area contributed by atoms with E-state index in [1.807, 2.05) is 0 Å². The van der Waals surface area contributed by atoms with E-state index in [1.54, 1.807) is 19.1 Å². The van der Waals surface area contributed by atoms with Gasteiger partial charge in [0.15, 0.2) is 11.5 Å². The average molecular weight is 432 g/mol. The van der Waals surface area contributed by atoms with Crippen LogP contribution in [0.1, 0.15) is 18.5 Å². The quantitative estimate of drug-likeness (QED) is 0.610. The molecule has 11 heteroatoms. The minimum atomic E-state index is -0.868. The molecule has 2 heterocycles. The fourth-order valence-electron chi connectivity index (χ4n) is 3.45. The number of esters is 1. The Morgan fingerprint density at radius 1 is 1.10 bits per heavy atom. The lowest BCUT2D eigenvalue weighted by Crippen LogP contribution is -2.35. The number of nitrogens with one attached hydrogen (secondary N) is 1. The predicted molar refractivity (Wildman–Crippen MR) is 111 cm³/mol. The van der Waals surface area contributed by atoms with Crippen molar-refractivity contribution in [1.82, 2.24) is 9.55 Å². The van der Waals surface area contributed by atoms with Gasteiger partial charge < -0.3 is 34.7 Å². The summed E-state index contributed by atoms with van der Waals surface area (Å²) in [6.45, 7) is 1.83. The summed E-state index contributed by atoms with van der Waals surface area (Å²) in [7, 11) is 5.81. The molecule has 0 bridgehead atoms. The van der Waals surface area contributed by atoms with Crippen LogP contribution in [0.5, 0.6) is 23.3 Å². The average Bonchev–Trinajstić information content (AvgIpc) is 2.76. The fraction of sp³-hybridized carbons (Fsp3) is 0.350. The van der Waals surface area contributed by atoms with Gasteiger partial charge in [0.1, 0.15) is 23.3 Å². The summed E-state index contributed by atoms with van der Waals surface area (Å²) in [5, 5.41) is 2.86. The first-order valence-corrected chi connectivity index (χ1v) is 9.31. The van der Waals surface area contributed by atoms with Crippen LogP contribution in [0.25, 0.3) is 0 Å². The molecule has 0 saturated carbocycles. The van der Waals surface area contributed by atoms with Crippen molar-refractivity contribution >= 4 is 11.8 Å². The number of methoxy groups -OCH3 is 4. The summed E-state index contributed by atoms with van der Waals surface area (Å²) in [6, 6.07) is 3.70. The number of hydrogen-bond acceptors (Lipinski definition) is 10. The first kappa shape index (κ1) is 21.8. The summed E-state index contributed by atoms with van der Waals surface area (Å²) in [5.74, 6) is 0.796. The molecule has 1 aromatic carbocycles. The minimum absolute atomic E-state index is 0.0250. The van der Waals surface area contributed by atoms with Gasteiger partial charge in [-0.05, 0) is 24.6 Å². The maximum absolute atomic E-state index is 12.9. The summed E-state index contributed by atoms with van der Waals surface area (Å²) in [5.41, 5.74) is 6.30. The van der Waals surface area contributed by atoms with Crippen molar-refractivity contribution in [3.63, 3.8) is 0 Å². The Bertz CT molecular complexity index is 1070. The van der Waals surface area contributed by atoms with Crippen LogP contribution in [0, 0.1) is 0 Å². The lowest BCUT2D eigenvalue weighted by Gasteiger charge is -2.32. The Morgan fingerprint density at radius 3 is 2.26 bits per heavy atom. The van der Waals surface area contributed by atoms with Crippen LogP contribution in [0.3, 0.4) is 0 Å². The zero-order valence-corrected chi connectivity index (χ0v) is 17.8. The van der Waals surface area contributed by atoms with E-state index in [1.165, 1.54) is 39.1 Å². The van der Waals surface area contributed by atoms with Crippen molar-refractivity contribution in [1.29, 1.82) is 0 Å². The highest BCUT2D eigenvalue weighted by molar-refractivity contribution is 5.92. The Balaban J connectivity index is 2.36. The number of aromatic nitrogens is 2. The topological polar surface area (TPSA) is 136 Å². The minimum Gasteiger partial charge on any atom is -0.493 e. The van der Waals surface area contributed by atoms with Gasteiger partial charge in [-0.15, -0.1) is 0 Å². The molecule has 0 radical (unpaired) electrons. The van der Waals surface area contributed by atoms with Crippen LogP contribution in [0.4, 0.5) is 5.82 Å². The van der Waals surface area contributed by atoms with Gasteiger partial charge in [-0.2, -0.15) is 4.98 Å². The van der Waals surface area contributed by atoms with Gasteiger partial charge in [-0.25, -0.2) is 4.79 Å². The van der Waals surface area contributed by atoms with Crippen LogP contribution in [0.2, 0.25) is 0 Å². The summed E-state index contributed by atoms with van der Waals surface area (Å²) in [6.07, 6.45) is 0. The monoisotopic (exact) mass is 432 g/mol. The molecule has 11 nitrogen and oxygen atoms in total. The molecular weight excluding hydrogens is 408 g/mol. The first-order chi connectivity index (χ1) is 14.9. The zero-order chi connectivity index (χ0) is 22.7. The molecule has 0 fully saturated rings. The van der Waals surface area contributed by atoms with E-state index in [9.17, 15) is 9.59 Å². The largest absolute Gasteiger partial charge is 0.493 e. The van der Waals surface area contributed by atoms with E-state index in [-0.39, 0.29) is 24.0 Å². The van der Waals surface area contributed by atoms with Crippen molar-refractivity contribution in [3.05, 3.63) is 45.5 Å². The van der Waals surface area contributed by atoms with Gasteiger partial charge in [0.25, 0.3) is 5.56 Å². The normalized spacial score (nSPS) is 14.9. The number of nitrogens with two attached hydrogens (primary N) is 1. The SMILES string of the molecule is CCOC(=O)C1=C(N)Nc2cc(=O)nc(OC)n2C1c1cc(OC)c(OC)c(OC)c1. The molecule has 3 rings (SSSR count). The molecule has 166 valence electrons. The molecule has 2 aromatic rings. The smallest absolute Gasteiger partial charge is 0.340 e. The van der Waals surface area contributed by atoms with Crippen molar-refractivity contribution in [3.8, 4) is 23.3 Å². The molecule has 1 unspecified atom stereocenters. The summed E-state index contributed by atoms with van der Waals surface area (Å²) < 4.78 is 28.4. The third kappa shape index (κ3) is 3.81. The highest BCUT2D eigenvalue weighted by Crippen LogP contribution is 2.44. The third-order valence-corrected chi connectivity index (χ3v) is 4.70. The lowest BCUT2D eigenvalue weighted by molar-refractivity contribution is -0.139. The van der Waals surface area contributed by atoms with Gasteiger partial charge >= 0.3 is 12.0 Å². The number of anilines is 1. The second-order valence-electron chi connectivity index (χ2n) is 6.37. The number of benzene rings is 1. The van der Waals surface area contributed by atoms with Crippen LogP contribution < -0.4 is 35.6 Å². The second kappa shape index (κ2) is 8.86. The molecule has 0 saturated heterocycles. The highest BCUT2D eigenvalue weighted by atomic mass is 16.5. The second-order valence-corrected chi connectivity index (χ2v) is 6.37. The molecule has 0 aliphatic carbocycles. The van der Waals surface area contributed by atoms with Crippen molar-refractivity contribution in [2.45, 2.75) is 13.0 Å². The molecule has 1 atom stereocenters. The van der Waals surface area contributed by atoms with Gasteiger partial charge in [-0.1, -0.05) is 0 Å². The number of carbonyl (C=O) groups is 1. The molecule has 1 aliphatic heterocycles. The van der Waals surface area contributed by atoms with Crippen LogP contribution in [-0.4, -0.2) is 50.6 Å². The number of carbonyl (C=O) groups excluding carboxylic acids is 1. The highest BCUT2D eigenvalue weighted by Gasteiger charge is 2.37. The fourth-order valence-corrected chi connectivity index (χ4v) is 3.45. The van der Waals surface area contributed by atoms with Crippen LogP contribution in [0.15, 0.2) is 34.4 Å². The van der Waals surface area contributed by atoms with E-state index in [4.69, 9.17) is 29.4 Å². The van der Waals surface area contributed by atoms with Gasteiger partial charge in [0.2, 0.25) is 5.75 Å². The molecule has 0 amide bonds. The number of rotatable bonds is 7. The molecule has 0 spiro atoms. The molecule has 3 N–H and O–H groups in total. The van der Waals surface area contributed by atoms with Gasteiger partial charge in [0, 0.05) is 6.07 Å². The van der Waals surface area contributed by atoms with Gasteiger partial charge in [-0.3, -0.25) is 9.36 Å². The Hall–Kier alpha value is -3.89. The number of hydrogen-bond donors (Lipinski definition) is 2. The maximum atomic E-state index is 12.9. The number of fused-ring (bicyclic) bond motifs is 1. The Labute approximate surface area is 178 Å². The van der Waals surface area contributed by atoms with Crippen molar-refractivity contribution in [2.75, 3.05) is 40.4 Å². The molecule has 1 aliphatic rings. The molecular formula is C20H24N4O7. The molecule has 31 heavy (non-hydrogen) atoms.